The lowest BCUT2D eigenvalue weighted by Gasteiger charge is -2.47. The third-order valence-corrected chi connectivity index (χ3v) is 6.54. The smallest absolute Gasteiger partial charge is 0.408 e. The highest BCUT2D eigenvalue weighted by atomic mass is 16.5. The van der Waals surface area contributed by atoms with Gasteiger partial charge in [-0.3, -0.25) is 4.90 Å². The molecular formula is C23H32N4O5. The summed E-state index contributed by atoms with van der Waals surface area (Å²) >= 11 is 0. The first-order valence-electron chi connectivity index (χ1n) is 10.9. The standard InChI is InChI=1S/C23H32N4O5/c1-7-23(20(28)31-6)13-26(8-9-27(23)21(29)30)19-16(11-24)15-10-22(4,5)32-12-17(15)18(25-19)14(2)3/h14H,7-10,12-13H2,1-6H3,(H,29,30). The number of carbonyl (C=O) groups excluding carboxylic acids is 1. The number of nitrogens with zero attached hydrogens (tertiary/aromatic N) is 4. The average molecular weight is 445 g/mol. The van der Waals surface area contributed by atoms with E-state index < -0.39 is 23.2 Å². The summed E-state index contributed by atoms with van der Waals surface area (Å²) in [6.45, 7) is 10.7. The molecule has 0 bridgehead atoms. The van der Waals surface area contributed by atoms with Crippen LogP contribution >= 0.6 is 0 Å². The van der Waals surface area contributed by atoms with E-state index in [0.717, 1.165) is 21.7 Å². The predicted octanol–water partition coefficient (Wildman–Crippen LogP) is 3.05. The van der Waals surface area contributed by atoms with Gasteiger partial charge in [-0.1, -0.05) is 20.8 Å². The van der Waals surface area contributed by atoms with Gasteiger partial charge in [0, 0.05) is 25.1 Å². The van der Waals surface area contributed by atoms with Crippen LogP contribution in [0.5, 0.6) is 0 Å². The monoisotopic (exact) mass is 444 g/mol. The van der Waals surface area contributed by atoms with Gasteiger partial charge >= 0.3 is 12.1 Å². The summed E-state index contributed by atoms with van der Waals surface area (Å²) in [5.41, 5.74) is 1.44. The average Bonchev–Trinajstić information content (AvgIpc) is 2.75. The molecular weight excluding hydrogens is 412 g/mol. The molecule has 1 fully saturated rings. The predicted molar refractivity (Wildman–Crippen MR) is 118 cm³/mol. The first kappa shape index (κ1) is 23.8. The fourth-order valence-electron chi connectivity index (χ4n) is 4.79. The number of piperazine rings is 1. The number of amides is 1. The molecule has 9 nitrogen and oxygen atoms in total. The number of nitriles is 1. The van der Waals surface area contributed by atoms with Crippen LogP contribution in [0.3, 0.4) is 0 Å². The van der Waals surface area contributed by atoms with Crippen LogP contribution in [0.2, 0.25) is 0 Å². The molecule has 1 aromatic heterocycles. The molecule has 0 radical (unpaired) electrons. The molecule has 1 unspecified atom stereocenters. The molecule has 1 N–H and O–H groups in total. The largest absolute Gasteiger partial charge is 0.467 e. The summed E-state index contributed by atoms with van der Waals surface area (Å²) in [6.07, 6.45) is -0.351. The zero-order valence-electron chi connectivity index (χ0n) is 19.7. The quantitative estimate of drug-likeness (QED) is 0.705. The van der Waals surface area contributed by atoms with Crippen molar-refractivity contribution in [3.63, 3.8) is 0 Å². The molecule has 1 saturated heterocycles. The second kappa shape index (κ2) is 8.58. The summed E-state index contributed by atoms with van der Waals surface area (Å²) in [7, 11) is 1.26. The molecule has 174 valence electrons. The number of esters is 1. The molecule has 32 heavy (non-hydrogen) atoms. The minimum absolute atomic E-state index is 0.0698. The Morgan fingerprint density at radius 3 is 2.53 bits per heavy atom. The zero-order chi connectivity index (χ0) is 23.8. The van der Waals surface area contributed by atoms with Gasteiger partial charge in [-0.05, 0) is 31.7 Å². The lowest BCUT2D eigenvalue weighted by Crippen LogP contribution is -2.68. The Hall–Kier alpha value is -2.86. The minimum atomic E-state index is -1.37. The summed E-state index contributed by atoms with van der Waals surface area (Å²) in [5.74, 6) is -0.00139. The van der Waals surface area contributed by atoms with E-state index in [1.54, 1.807) is 6.92 Å². The SMILES string of the molecule is CCC1(C(=O)OC)CN(c2nc(C(C)C)c3c(c2C#N)CC(C)(C)OC3)CCN1C(=O)O. The van der Waals surface area contributed by atoms with Gasteiger partial charge in [0.2, 0.25) is 0 Å². The Balaban J connectivity index is 2.17. The van der Waals surface area contributed by atoms with Crippen LogP contribution in [0.25, 0.3) is 0 Å². The topological polar surface area (TPSA) is 116 Å². The number of hydrogen-bond acceptors (Lipinski definition) is 7. The third kappa shape index (κ3) is 3.88. The highest BCUT2D eigenvalue weighted by molar-refractivity contribution is 5.87. The highest BCUT2D eigenvalue weighted by Crippen LogP contribution is 2.39. The summed E-state index contributed by atoms with van der Waals surface area (Å²) < 4.78 is 11.0. The Bertz CT molecular complexity index is 968. The highest BCUT2D eigenvalue weighted by Gasteiger charge is 2.51. The van der Waals surface area contributed by atoms with Crippen molar-refractivity contribution in [3.8, 4) is 6.07 Å². The van der Waals surface area contributed by atoms with Gasteiger partial charge < -0.3 is 19.5 Å². The summed E-state index contributed by atoms with van der Waals surface area (Å²) in [4.78, 5) is 32.7. The molecule has 0 aliphatic carbocycles. The second-order valence-electron chi connectivity index (χ2n) is 9.38. The van der Waals surface area contributed by atoms with Crippen LogP contribution < -0.4 is 4.90 Å². The van der Waals surface area contributed by atoms with Gasteiger partial charge in [0.05, 0.1) is 37.1 Å². The molecule has 1 aromatic rings. The van der Waals surface area contributed by atoms with Gasteiger partial charge in [0.25, 0.3) is 0 Å². The van der Waals surface area contributed by atoms with Crippen molar-refractivity contribution < 1.29 is 24.2 Å². The van der Waals surface area contributed by atoms with Crippen molar-refractivity contribution in [2.75, 3.05) is 31.6 Å². The zero-order valence-corrected chi connectivity index (χ0v) is 19.7. The van der Waals surface area contributed by atoms with Crippen LogP contribution in [0.4, 0.5) is 10.6 Å². The summed E-state index contributed by atoms with van der Waals surface area (Å²) in [6, 6.07) is 2.34. The van der Waals surface area contributed by atoms with Crippen LogP contribution in [-0.4, -0.2) is 64.9 Å². The Kier molecular flexibility index (Phi) is 6.38. The Labute approximate surface area is 188 Å². The van der Waals surface area contributed by atoms with Gasteiger partial charge in [-0.25, -0.2) is 14.6 Å². The molecule has 0 saturated carbocycles. The Morgan fingerprint density at radius 2 is 2.00 bits per heavy atom. The van der Waals surface area contributed by atoms with Crippen molar-refractivity contribution in [1.82, 2.24) is 9.88 Å². The molecule has 9 heteroatoms. The first-order valence-corrected chi connectivity index (χ1v) is 10.9. The number of fused-ring (bicyclic) bond motifs is 1. The number of carbonyl (C=O) groups is 2. The fraction of sp³-hybridized carbons (Fsp3) is 0.652. The van der Waals surface area contributed by atoms with Crippen molar-refractivity contribution >= 4 is 17.9 Å². The molecule has 2 aliphatic rings. The van der Waals surface area contributed by atoms with E-state index in [1.165, 1.54) is 7.11 Å². The van der Waals surface area contributed by atoms with Gasteiger partial charge in [-0.2, -0.15) is 5.26 Å². The van der Waals surface area contributed by atoms with Gasteiger partial charge in [-0.15, -0.1) is 0 Å². The van der Waals surface area contributed by atoms with E-state index in [1.807, 2.05) is 32.6 Å². The van der Waals surface area contributed by atoms with E-state index in [-0.39, 0.29) is 25.4 Å². The van der Waals surface area contributed by atoms with E-state index in [0.29, 0.717) is 31.0 Å². The van der Waals surface area contributed by atoms with Crippen LogP contribution in [0.1, 0.15) is 69.3 Å². The van der Waals surface area contributed by atoms with Crippen molar-refractivity contribution in [2.45, 2.75) is 71.1 Å². The van der Waals surface area contributed by atoms with Gasteiger partial charge in [0.1, 0.15) is 11.9 Å². The number of anilines is 1. The van der Waals surface area contributed by atoms with Crippen molar-refractivity contribution in [3.05, 3.63) is 22.4 Å². The van der Waals surface area contributed by atoms with E-state index in [2.05, 4.69) is 6.07 Å². The van der Waals surface area contributed by atoms with Crippen LogP contribution in [-0.2, 0) is 27.3 Å². The number of rotatable bonds is 4. The second-order valence-corrected chi connectivity index (χ2v) is 9.38. The lowest BCUT2D eigenvalue weighted by atomic mass is 9.85. The molecule has 3 heterocycles. The van der Waals surface area contributed by atoms with E-state index >= 15 is 0 Å². The van der Waals surface area contributed by atoms with Crippen molar-refractivity contribution in [1.29, 1.82) is 5.26 Å². The van der Waals surface area contributed by atoms with E-state index in [4.69, 9.17) is 14.5 Å². The summed E-state index contributed by atoms with van der Waals surface area (Å²) in [5, 5.41) is 19.9. The molecule has 1 atom stereocenters. The molecule has 3 rings (SSSR count). The van der Waals surface area contributed by atoms with E-state index in [9.17, 15) is 20.0 Å². The Morgan fingerprint density at radius 1 is 1.31 bits per heavy atom. The first-order chi connectivity index (χ1) is 15.0. The number of pyridine rings is 1. The van der Waals surface area contributed by atoms with Crippen molar-refractivity contribution in [2.24, 2.45) is 0 Å². The maximum absolute atomic E-state index is 12.8. The normalized spacial score (nSPS) is 22.3. The number of aromatic nitrogens is 1. The lowest BCUT2D eigenvalue weighted by molar-refractivity contribution is -0.154. The molecule has 2 aliphatic heterocycles. The fourth-order valence-corrected chi connectivity index (χ4v) is 4.79. The van der Waals surface area contributed by atoms with Crippen LogP contribution in [0, 0.1) is 11.3 Å². The molecule has 0 aromatic carbocycles. The number of methoxy groups -OCH3 is 1. The number of ether oxygens (including phenoxy) is 2. The van der Waals surface area contributed by atoms with Crippen LogP contribution in [0.15, 0.2) is 0 Å². The maximum Gasteiger partial charge on any atom is 0.408 e. The number of carboxylic acid groups (broad SMARTS) is 1. The molecule has 0 spiro atoms. The third-order valence-electron chi connectivity index (χ3n) is 6.54. The minimum Gasteiger partial charge on any atom is -0.467 e. The van der Waals surface area contributed by atoms with Gasteiger partial charge in [0.15, 0.2) is 5.54 Å². The molecule has 1 amide bonds. The number of hydrogen-bond donors (Lipinski definition) is 1. The maximum atomic E-state index is 12.8.